The maximum absolute atomic E-state index is 13.6. The van der Waals surface area contributed by atoms with Crippen molar-refractivity contribution in [3.8, 4) is 0 Å². The molecule has 0 bridgehead atoms. The second-order valence-electron chi connectivity index (χ2n) is 4.37. The van der Waals surface area contributed by atoms with E-state index in [1.54, 1.807) is 17.4 Å². The Morgan fingerprint density at radius 2 is 2.22 bits per heavy atom. The number of nitrogens with zero attached hydrogens (tertiary/aromatic N) is 1. The van der Waals surface area contributed by atoms with Gasteiger partial charge in [-0.25, -0.2) is 4.39 Å². The molecular weight excluding hydrogens is 315 g/mol. The van der Waals surface area contributed by atoms with Crippen molar-refractivity contribution in [3.63, 3.8) is 0 Å². The van der Waals surface area contributed by atoms with Crippen molar-refractivity contribution in [3.05, 3.63) is 44.3 Å². The van der Waals surface area contributed by atoms with Gasteiger partial charge in [-0.1, -0.05) is 0 Å². The summed E-state index contributed by atoms with van der Waals surface area (Å²) in [5.74, 6) is -0.268. The van der Waals surface area contributed by atoms with Crippen molar-refractivity contribution >= 4 is 38.6 Å². The van der Waals surface area contributed by atoms with Crippen molar-refractivity contribution in [1.29, 1.82) is 0 Å². The Morgan fingerprint density at radius 3 is 3.06 bits per heavy atom. The van der Waals surface area contributed by atoms with Gasteiger partial charge in [0.2, 0.25) is 0 Å². The smallest absolute Gasteiger partial charge is 0.139 e. The number of nitrogens with two attached hydrogens (primary N) is 1. The summed E-state index contributed by atoms with van der Waals surface area (Å²) < 4.78 is 14.0. The van der Waals surface area contributed by atoms with E-state index in [4.69, 9.17) is 5.73 Å². The highest BCUT2D eigenvalue weighted by atomic mass is 79.9. The number of anilines is 2. The lowest BCUT2D eigenvalue weighted by Gasteiger charge is -2.30. The van der Waals surface area contributed by atoms with Crippen LogP contribution in [0.4, 0.5) is 15.8 Å². The summed E-state index contributed by atoms with van der Waals surface area (Å²) in [5.41, 5.74) is 8.71. The zero-order valence-corrected chi connectivity index (χ0v) is 12.0. The van der Waals surface area contributed by atoms with Crippen molar-refractivity contribution in [2.75, 3.05) is 17.2 Å². The molecule has 0 saturated heterocycles. The molecule has 3 rings (SSSR count). The molecule has 1 aromatic heterocycles. The van der Waals surface area contributed by atoms with Crippen LogP contribution in [0.3, 0.4) is 0 Å². The lowest BCUT2D eigenvalue weighted by molar-refractivity contribution is 0.619. The van der Waals surface area contributed by atoms with Gasteiger partial charge in [-0.2, -0.15) is 0 Å². The maximum Gasteiger partial charge on any atom is 0.139 e. The number of thiophene rings is 1. The minimum atomic E-state index is -0.268. The molecule has 1 aliphatic heterocycles. The van der Waals surface area contributed by atoms with Gasteiger partial charge in [0.05, 0.1) is 15.8 Å². The number of halogens is 2. The lowest BCUT2D eigenvalue weighted by Crippen LogP contribution is -2.30. The van der Waals surface area contributed by atoms with Gasteiger partial charge in [-0.3, -0.25) is 0 Å². The Hall–Kier alpha value is -1.07. The quantitative estimate of drug-likeness (QED) is 0.808. The third kappa shape index (κ3) is 2.01. The van der Waals surface area contributed by atoms with Crippen LogP contribution in [0.5, 0.6) is 0 Å². The fourth-order valence-electron chi connectivity index (χ4n) is 2.28. The van der Waals surface area contributed by atoms with Crippen LogP contribution in [0.1, 0.15) is 10.4 Å². The third-order valence-electron chi connectivity index (χ3n) is 3.22. The molecule has 1 aromatic carbocycles. The van der Waals surface area contributed by atoms with E-state index >= 15 is 0 Å². The van der Waals surface area contributed by atoms with Gasteiger partial charge in [0.1, 0.15) is 5.82 Å². The molecule has 0 fully saturated rings. The lowest BCUT2D eigenvalue weighted by atomic mass is 10.1. The second kappa shape index (κ2) is 4.55. The predicted octanol–water partition coefficient (Wildman–Crippen LogP) is 3.79. The molecule has 0 unspecified atom stereocenters. The molecule has 2 nitrogen and oxygen atoms in total. The average Bonchev–Trinajstić information content (AvgIpc) is 2.80. The molecule has 5 heteroatoms. The molecule has 0 radical (unpaired) electrons. The summed E-state index contributed by atoms with van der Waals surface area (Å²) in [6, 6.07) is 5.28. The minimum absolute atomic E-state index is 0.268. The predicted molar refractivity (Wildman–Crippen MR) is 77.6 cm³/mol. The Morgan fingerprint density at radius 1 is 1.39 bits per heavy atom. The first kappa shape index (κ1) is 12.0. The highest BCUT2D eigenvalue weighted by Crippen LogP contribution is 2.33. The van der Waals surface area contributed by atoms with E-state index in [0.717, 1.165) is 25.2 Å². The molecule has 0 amide bonds. The molecule has 94 valence electrons. The second-order valence-corrected chi connectivity index (χ2v) is 6.22. The molecule has 0 atom stereocenters. The first-order valence-electron chi connectivity index (χ1n) is 5.70. The Labute approximate surface area is 117 Å². The summed E-state index contributed by atoms with van der Waals surface area (Å²) in [4.78, 5) is 3.57. The molecule has 2 heterocycles. The van der Waals surface area contributed by atoms with Gasteiger partial charge >= 0.3 is 0 Å². The third-order valence-corrected chi connectivity index (χ3v) is 4.85. The van der Waals surface area contributed by atoms with Crippen LogP contribution < -0.4 is 10.6 Å². The molecule has 0 spiro atoms. The Balaban J connectivity index is 1.95. The molecule has 2 aromatic rings. The van der Waals surface area contributed by atoms with Gasteiger partial charge in [-0.15, -0.1) is 11.3 Å². The maximum atomic E-state index is 13.6. The minimum Gasteiger partial charge on any atom is -0.397 e. The van der Waals surface area contributed by atoms with Crippen LogP contribution >= 0.6 is 27.3 Å². The molecule has 0 aliphatic carbocycles. The van der Waals surface area contributed by atoms with Gasteiger partial charge in [0, 0.05) is 24.0 Å². The fraction of sp³-hybridized carbons (Fsp3) is 0.231. The standard InChI is InChI=1S/C13H12BrFN2S/c14-9-5-11(16)12(6-10(9)15)17-3-1-13-8(7-17)2-4-18-13/h2,4-6H,1,3,7,16H2. The van der Waals surface area contributed by atoms with Crippen LogP contribution in [-0.4, -0.2) is 6.54 Å². The largest absolute Gasteiger partial charge is 0.397 e. The topological polar surface area (TPSA) is 29.3 Å². The number of rotatable bonds is 1. The summed E-state index contributed by atoms with van der Waals surface area (Å²) in [6.45, 7) is 1.70. The van der Waals surface area contributed by atoms with Crippen molar-refractivity contribution in [2.45, 2.75) is 13.0 Å². The highest BCUT2D eigenvalue weighted by Gasteiger charge is 2.20. The summed E-state index contributed by atoms with van der Waals surface area (Å²) in [7, 11) is 0. The Kier molecular flexibility index (Phi) is 3.03. The van der Waals surface area contributed by atoms with Gasteiger partial charge in [0.25, 0.3) is 0 Å². The molecule has 0 saturated carbocycles. The monoisotopic (exact) mass is 326 g/mol. The van der Waals surface area contributed by atoms with E-state index in [9.17, 15) is 4.39 Å². The first-order chi connectivity index (χ1) is 8.65. The molecular formula is C13H12BrFN2S. The average molecular weight is 327 g/mol. The summed E-state index contributed by atoms with van der Waals surface area (Å²) >= 11 is 4.94. The fourth-order valence-corrected chi connectivity index (χ4v) is 3.53. The van der Waals surface area contributed by atoms with Gasteiger partial charge in [0.15, 0.2) is 0 Å². The summed E-state index contributed by atoms with van der Waals surface area (Å²) in [6.07, 6.45) is 1.00. The van der Waals surface area contributed by atoms with E-state index in [-0.39, 0.29) is 5.82 Å². The van der Waals surface area contributed by atoms with E-state index in [2.05, 4.69) is 32.3 Å². The van der Waals surface area contributed by atoms with E-state index < -0.39 is 0 Å². The zero-order valence-electron chi connectivity index (χ0n) is 9.62. The van der Waals surface area contributed by atoms with Crippen LogP contribution in [-0.2, 0) is 13.0 Å². The number of benzene rings is 1. The van der Waals surface area contributed by atoms with Crippen LogP contribution in [0, 0.1) is 5.82 Å². The van der Waals surface area contributed by atoms with Crippen molar-refractivity contribution < 1.29 is 4.39 Å². The summed E-state index contributed by atoms with van der Waals surface area (Å²) in [5, 5.41) is 2.11. The molecule has 1 aliphatic rings. The number of fused-ring (bicyclic) bond motifs is 1. The van der Waals surface area contributed by atoms with Crippen LogP contribution in [0.2, 0.25) is 0 Å². The number of nitrogen functional groups attached to an aromatic ring is 1. The molecule has 18 heavy (non-hydrogen) atoms. The van der Waals surface area contributed by atoms with Crippen LogP contribution in [0.15, 0.2) is 28.1 Å². The molecule has 2 N–H and O–H groups in total. The Bertz CT molecular complexity index is 597. The van der Waals surface area contributed by atoms with Gasteiger partial charge < -0.3 is 10.6 Å². The van der Waals surface area contributed by atoms with Crippen molar-refractivity contribution in [1.82, 2.24) is 0 Å². The zero-order chi connectivity index (χ0) is 12.7. The van der Waals surface area contributed by atoms with E-state index in [1.165, 1.54) is 16.5 Å². The number of hydrogen-bond acceptors (Lipinski definition) is 3. The van der Waals surface area contributed by atoms with E-state index in [1.807, 2.05) is 0 Å². The first-order valence-corrected chi connectivity index (χ1v) is 7.37. The SMILES string of the molecule is Nc1cc(Br)c(F)cc1N1CCc2sccc2C1. The van der Waals surface area contributed by atoms with Crippen LogP contribution in [0.25, 0.3) is 0 Å². The van der Waals surface area contributed by atoms with Gasteiger partial charge in [-0.05, 0) is 45.4 Å². The normalized spacial score (nSPS) is 14.7. The van der Waals surface area contributed by atoms with E-state index in [0.29, 0.717) is 10.2 Å². The number of hydrogen-bond donors (Lipinski definition) is 1. The highest BCUT2D eigenvalue weighted by molar-refractivity contribution is 9.10. The van der Waals surface area contributed by atoms with Crippen molar-refractivity contribution in [2.24, 2.45) is 0 Å².